The molecule has 2 N–H and O–H groups in total. The van der Waals surface area contributed by atoms with E-state index in [-0.39, 0.29) is 12.0 Å². The van der Waals surface area contributed by atoms with Crippen LogP contribution in [-0.4, -0.2) is 28.7 Å². The molecule has 18 heavy (non-hydrogen) atoms. The SMILES string of the molecule is Cn1c(N2CC[C@@H](N)C2)nc(C(F)(F)F)cc1=O. The van der Waals surface area contributed by atoms with Gasteiger partial charge in [-0.1, -0.05) is 0 Å². The zero-order valence-corrected chi connectivity index (χ0v) is 9.74. The highest BCUT2D eigenvalue weighted by Gasteiger charge is 2.35. The number of rotatable bonds is 1. The van der Waals surface area contributed by atoms with Crippen molar-refractivity contribution in [3.05, 3.63) is 22.1 Å². The lowest BCUT2D eigenvalue weighted by Gasteiger charge is -2.20. The Hall–Kier alpha value is -1.57. The molecule has 1 aromatic heterocycles. The van der Waals surface area contributed by atoms with Crippen LogP contribution in [0.2, 0.25) is 0 Å². The van der Waals surface area contributed by atoms with Crippen molar-refractivity contribution in [1.82, 2.24) is 9.55 Å². The summed E-state index contributed by atoms with van der Waals surface area (Å²) in [6.45, 7) is 0.907. The summed E-state index contributed by atoms with van der Waals surface area (Å²) in [5.41, 5.74) is 3.80. The van der Waals surface area contributed by atoms with Gasteiger partial charge in [-0.3, -0.25) is 9.36 Å². The van der Waals surface area contributed by atoms with Crippen LogP contribution >= 0.6 is 0 Å². The Labute approximate surface area is 101 Å². The molecule has 2 rings (SSSR count). The summed E-state index contributed by atoms with van der Waals surface area (Å²) in [6.07, 6.45) is -3.95. The monoisotopic (exact) mass is 262 g/mol. The van der Waals surface area contributed by atoms with Crippen LogP contribution < -0.4 is 16.2 Å². The Bertz CT molecular complexity index is 511. The van der Waals surface area contributed by atoms with E-state index in [1.54, 1.807) is 4.90 Å². The molecule has 0 radical (unpaired) electrons. The minimum atomic E-state index is -4.62. The highest BCUT2D eigenvalue weighted by molar-refractivity contribution is 5.34. The van der Waals surface area contributed by atoms with Crippen LogP contribution in [0.15, 0.2) is 10.9 Å². The van der Waals surface area contributed by atoms with Crippen LogP contribution in [-0.2, 0) is 13.2 Å². The second-order valence-corrected chi connectivity index (χ2v) is 4.33. The first-order valence-corrected chi connectivity index (χ1v) is 5.45. The molecule has 0 bridgehead atoms. The Morgan fingerprint density at radius 3 is 2.67 bits per heavy atom. The molecule has 0 unspecified atom stereocenters. The molecule has 2 heterocycles. The maximum atomic E-state index is 12.6. The molecule has 0 aromatic carbocycles. The minimum absolute atomic E-state index is 0.0165. The molecule has 5 nitrogen and oxygen atoms in total. The highest BCUT2D eigenvalue weighted by atomic mass is 19.4. The lowest BCUT2D eigenvalue weighted by molar-refractivity contribution is -0.141. The van der Waals surface area contributed by atoms with E-state index in [1.165, 1.54) is 7.05 Å². The number of halogens is 3. The largest absolute Gasteiger partial charge is 0.433 e. The third-order valence-corrected chi connectivity index (χ3v) is 2.91. The third kappa shape index (κ3) is 2.33. The van der Waals surface area contributed by atoms with Crippen molar-refractivity contribution in [2.24, 2.45) is 12.8 Å². The van der Waals surface area contributed by atoms with Gasteiger partial charge in [-0.2, -0.15) is 13.2 Å². The van der Waals surface area contributed by atoms with Gasteiger partial charge < -0.3 is 10.6 Å². The third-order valence-electron chi connectivity index (χ3n) is 2.91. The van der Waals surface area contributed by atoms with E-state index in [4.69, 9.17) is 5.73 Å². The van der Waals surface area contributed by atoms with E-state index in [0.29, 0.717) is 25.6 Å². The van der Waals surface area contributed by atoms with Gasteiger partial charge in [0, 0.05) is 32.2 Å². The predicted octanol–water partition coefficient (Wildman–Crippen LogP) is 0.337. The van der Waals surface area contributed by atoms with Gasteiger partial charge in [0.1, 0.15) is 0 Å². The number of anilines is 1. The first kappa shape index (κ1) is 12.9. The zero-order chi connectivity index (χ0) is 13.5. The van der Waals surface area contributed by atoms with Crippen molar-refractivity contribution in [2.45, 2.75) is 18.6 Å². The van der Waals surface area contributed by atoms with Gasteiger partial charge in [-0.15, -0.1) is 0 Å². The van der Waals surface area contributed by atoms with Crippen LogP contribution in [0.25, 0.3) is 0 Å². The quantitative estimate of drug-likeness (QED) is 0.792. The molecule has 100 valence electrons. The van der Waals surface area contributed by atoms with E-state index < -0.39 is 17.4 Å². The Kier molecular flexibility index (Phi) is 3.05. The molecule has 1 aliphatic rings. The average Bonchev–Trinajstić information content (AvgIpc) is 2.67. The predicted molar refractivity (Wildman–Crippen MR) is 59.3 cm³/mol. The number of hydrogen-bond donors (Lipinski definition) is 1. The molecule has 0 spiro atoms. The smallest absolute Gasteiger partial charge is 0.341 e. The number of aromatic nitrogens is 2. The van der Waals surface area contributed by atoms with Crippen molar-refractivity contribution in [2.75, 3.05) is 18.0 Å². The van der Waals surface area contributed by atoms with E-state index in [0.717, 1.165) is 4.57 Å². The Morgan fingerprint density at radius 1 is 1.50 bits per heavy atom. The van der Waals surface area contributed by atoms with Gasteiger partial charge >= 0.3 is 6.18 Å². The fraction of sp³-hybridized carbons (Fsp3) is 0.600. The van der Waals surface area contributed by atoms with Gasteiger partial charge in [-0.25, -0.2) is 4.98 Å². The summed E-state index contributed by atoms with van der Waals surface area (Å²) in [6, 6.07) is 0.399. The van der Waals surface area contributed by atoms with Crippen LogP contribution in [0.1, 0.15) is 12.1 Å². The number of nitrogens with two attached hydrogens (primary N) is 1. The summed E-state index contributed by atoms with van der Waals surface area (Å²) in [5.74, 6) is 0.0165. The fourth-order valence-electron chi connectivity index (χ4n) is 1.92. The second-order valence-electron chi connectivity index (χ2n) is 4.33. The minimum Gasteiger partial charge on any atom is -0.341 e. The number of alkyl halides is 3. The second kappa shape index (κ2) is 4.27. The van der Waals surface area contributed by atoms with E-state index in [1.807, 2.05) is 0 Å². The standard InChI is InChI=1S/C10H13F3N4O/c1-16-8(18)4-7(10(11,12)13)15-9(16)17-3-2-6(14)5-17/h4,6H,2-3,5,14H2,1H3/t6-/m1/s1. The van der Waals surface area contributed by atoms with Crippen molar-refractivity contribution in [3.8, 4) is 0 Å². The molecular formula is C10H13F3N4O. The van der Waals surface area contributed by atoms with E-state index in [2.05, 4.69) is 4.98 Å². The van der Waals surface area contributed by atoms with Crippen LogP contribution in [0.4, 0.5) is 19.1 Å². The van der Waals surface area contributed by atoms with Crippen LogP contribution in [0.5, 0.6) is 0 Å². The summed E-state index contributed by atoms with van der Waals surface area (Å²) in [5, 5.41) is 0. The molecule has 1 atom stereocenters. The highest BCUT2D eigenvalue weighted by Crippen LogP contribution is 2.28. The molecule has 1 aromatic rings. The summed E-state index contributed by atoms with van der Waals surface area (Å²) in [4.78, 5) is 16.6. The van der Waals surface area contributed by atoms with Crippen molar-refractivity contribution in [1.29, 1.82) is 0 Å². The molecule has 1 fully saturated rings. The first-order valence-electron chi connectivity index (χ1n) is 5.45. The van der Waals surface area contributed by atoms with Gasteiger partial charge in [0.25, 0.3) is 5.56 Å². The van der Waals surface area contributed by atoms with Crippen LogP contribution in [0, 0.1) is 0 Å². The lowest BCUT2D eigenvalue weighted by Crippen LogP contribution is -2.33. The van der Waals surface area contributed by atoms with Gasteiger partial charge in [0.2, 0.25) is 5.95 Å². The van der Waals surface area contributed by atoms with E-state index >= 15 is 0 Å². The lowest BCUT2D eigenvalue weighted by atomic mass is 10.3. The zero-order valence-electron chi connectivity index (χ0n) is 9.74. The number of hydrogen-bond acceptors (Lipinski definition) is 4. The van der Waals surface area contributed by atoms with Crippen molar-refractivity contribution >= 4 is 5.95 Å². The maximum absolute atomic E-state index is 12.6. The molecule has 8 heteroatoms. The van der Waals surface area contributed by atoms with Crippen molar-refractivity contribution < 1.29 is 13.2 Å². The Balaban J connectivity index is 2.47. The number of nitrogens with zero attached hydrogens (tertiary/aromatic N) is 3. The van der Waals surface area contributed by atoms with Gasteiger partial charge in [0.15, 0.2) is 5.69 Å². The van der Waals surface area contributed by atoms with Crippen LogP contribution in [0.3, 0.4) is 0 Å². The average molecular weight is 262 g/mol. The molecule has 1 aliphatic heterocycles. The van der Waals surface area contributed by atoms with Gasteiger partial charge in [-0.05, 0) is 6.42 Å². The van der Waals surface area contributed by atoms with Crippen molar-refractivity contribution in [3.63, 3.8) is 0 Å². The summed E-state index contributed by atoms with van der Waals surface area (Å²) < 4.78 is 38.9. The normalized spacial score (nSPS) is 20.5. The maximum Gasteiger partial charge on any atom is 0.433 e. The molecule has 0 amide bonds. The molecule has 1 saturated heterocycles. The summed E-state index contributed by atoms with van der Waals surface area (Å²) in [7, 11) is 1.40. The molecule has 0 aliphatic carbocycles. The first-order chi connectivity index (χ1) is 8.29. The topological polar surface area (TPSA) is 64.2 Å². The fourth-order valence-corrected chi connectivity index (χ4v) is 1.92. The van der Waals surface area contributed by atoms with Gasteiger partial charge in [0.05, 0.1) is 0 Å². The van der Waals surface area contributed by atoms with E-state index in [9.17, 15) is 18.0 Å². The molecular weight excluding hydrogens is 249 g/mol. The Morgan fingerprint density at radius 2 is 2.17 bits per heavy atom. The molecule has 0 saturated carbocycles. The summed E-state index contributed by atoms with van der Waals surface area (Å²) >= 11 is 0.